The van der Waals surface area contributed by atoms with Crippen LogP contribution in [0.2, 0.25) is 0 Å². The number of nitrogens with two attached hydrogens (primary N) is 1. The van der Waals surface area contributed by atoms with Crippen molar-refractivity contribution in [3.8, 4) is 0 Å². The fraction of sp³-hybridized carbons (Fsp3) is 0.583. The molecule has 3 N–H and O–H groups in total. The van der Waals surface area contributed by atoms with E-state index in [1.807, 2.05) is 23.8 Å². The summed E-state index contributed by atoms with van der Waals surface area (Å²) in [6.45, 7) is 3.32. The number of rotatable bonds is 5. The number of carbonyl (C=O) groups is 1. The van der Waals surface area contributed by atoms with Gasteiger partial charge in [-0.3, -0.25) is 4.79 Å². The smallest absolute Gasteiger partial charge is 0.268 e. The van der Waals surface area contributed by atoms with Crippen molar-refractivity contribution in [1.82, 2.24) is 9.88 Å². The van der Waals surface area contributed by atoms with Gasteiger partial charge in [-0.05, 0) is 47.7 Å². The predicted octanol–water partition coefficient (Wildman–Crippen LogP) is 2.16. The molecule has 102 valence electrons. The molecular formula is C12H19BrClN3O. The Morgan fingerprint density at radius 1 is 1.67 bits per heavy atom. The highest BCUT2D eigenvalue weighted by Gasteiger charge is 2.31. The molecule has 1 aliphatic rings. The van der Waals surface area contributed by atoms with Gasteiger partial charge in [0.1, 0.15) is 5.69 Å². The third-order valence-corrected chi connectivity index (χ3v) is 3.63. The normalized spacial score (nSPS) is 15.9. The van der Waals surface area contributed by atoms with Crippen molar-refractivity contribution < 1.29 is 4.79 Å². The van der Waals surface area contributed by atoms with E-state index in [0.717, 1.165) is 11.0 Å². The van der Waals surface area contributed by atoms with Crippen LogP contribution < -0.4 is 11.1 Å². The number of aryl methyl sites for hydroxylation is 1. The predicted molar refractivity (Wildman–Crippen MR) is 78.1 cm³/mol. The summed E-state index contributed by atoms with van der Waals surface area (Å²) in [7, 11) is 0. The Morgan fingerprint density at radius 2 is 2.33 bits per heavy atom. The van der Waals surface area contributed by atoms with E-state index in [0.29, 0.717) is 18.2 Å². The molecule has 2 rings (SSSR count). The van der Waals surface area contributed by atoms with Crippen LogP contribution in [0.4, 0.5) is 0 Å². The van der Waals surface area contributed by atoms with Crippen LogP contribution >= 0.6 is 28.3 Å². The van der Waals surface area contributed by atoms with Crippen molar-refractivity contribution in [2.75, 3.05) is 6.54 Å². The Balaban J connectivity index is 0.00000162. The Hall–Kier alpha value is -0.520. The molecule has 4 nitrogen and oxygen atoms in total. The lowest BCUT2D eigenvalue weighted by molar-refractivity contribution is 0.0924. The molecule has 0 radical (unpaired) electrons. The lowest BCUT2D eigenvalue weighted by Crippen LogP contribution is -2.42. The average Bonchev–Trinajstić information content (AvgIpc) is 3.08. The maximum absolute atomic E-state index is 12.1. The van der Waals surface area contributed by atoms with Crippen LogP contribution in [0.5, 0.6) is 0 Å². The van der Waals surface area contributed by atoms with Gasteiger partial charge in [-0.25, -0.2) is 0 Å². The van der Waals surface area contributed by atoms with Crippen molar-refractivity contribution in [2.45, 2.75) is 32.4 Å². The largest absolute Gasteiger partial charge is 0.346 e. The van der Waals surface area contributed by atoms with Gasteiger partial charge in [-0.1, -0.05) is 0 Å². The van der Waals surface area contributed by atoms with Gasteiger partial charge < -0.3 is 15.6 Å². The molecule has 0 aliphatic heterocycles. The Morgan fingerprint density at radius 3 is 2.83 bits per heavy atom. The van der Waals surface area contributed by atoms with Gasteiger partial charge in [0, 0.05) is 29.8 Å². The molecule has 1 aromatic heterocycles. The zero-order valence-electron chi connectivity index (χ0n) is 10.4. The van der Waals surface area contributed by atoms with Gasteiger partial charge in [0.2, 0.25) is 0 Å². The second-order valence-corrected chi connectivity index (χ2v) is 5.40. The Kier molecular flexibility index (Phi) is 5.69. The molecule has 1 unspecified atom stereocenters. The number of hydrogen-bond acceptors (Lipinski definition) is 2. The number of nitrogens with zero attached hydrogens (tertiary/aromatic N) is 1. The topological polar surface area (TPSA) is 60.0 Å². The van der Waals surface area contributed by atoms with Gasteiger partial charge in [0.25, 0.3) is 5.91 Å². The fourth-order valence-electron chi connectivity index (χ4n) is 2.04. The van der Waals surface area contributed by atoms with Crippen LogP contribution in [-0.4, -0.2) is 23.1 Å². The molecular weight excluding hydrogens is 318 g/mol. The second kappa shape index (κ2) is 6.59. The first-order chi connectivity index (χ1) is 8.15. The summed E-state index contributed by atoms with van der Waals surface area (Å²) < 4.78 is 2.86. The molecule has 18 heavy (non-hydrogen) atoms. The minimum Gasteiger partial charge on any atom is -0.346 e. The van der Waals surface area contributed by atoms with Crippen molar-refractivity contribution in [1.29, 1.82) is 0 Å². The standard InChI is InChI=1S/C12H18BrN3O.ClH/c1-2-16-7-9(13)5-11(16)12(17)15-10(6-14)8-3-4-8;/h5,7-8,10H,2-4,6,14H2,1H3,(H,15,17);1H. The number of hydrogen-bond donors (Lipinski definition) is 2. The van der Waals surface area contributed by atoms with Gasteiger partial charge in [0.15, 0.2) is 0 Å². The van der Waals surface area contributed by atoms with Crippen LogP contribution in [-0.2, 0) is 6.54 Å². The van der Waals surface area contributed by atoms with E-state index in [-0.39, 0.29) is 24.4 Å². The lowest BCUT2D eigenvalue weighted by atomic mass is 10.2. The molecule has 0 bridgehead atoms. The third kappa shape index (κ3) is 3.49. The van der Waals surface area contributed by atoms with Crippen LogP contribution in [0.3, 0.4) is 0 Å². The van der Waals surface area contributed by atoms with Crippen molar-refractivity contribution in [2.24, 2.45) is 11.7 Å². The third-order valence-electron chi connectivity index (χ3n) is 3.20. The summed E-state index contributed by atoms with van der Waals surface area (Å²) >= 11 is 3.39. The van der Waals surface area contributed by atoms with E-state index < -0.39 is 0 Å². The van der Waals surface area contributed by atoms with Crippen molar-refractivity contribution in [3.05, 3.63) is 22.4 Å². The van der Waals surface area contributed by atoms with Gasteiger partial charge >= 0.3 is 0 Å². The summed E-state index contributed by atoms with van der Waals surface area (Å²) in [5.41, 5.74) is 6.38. The molecule has 6 heteroatoms. The fourth-order valence-corrected chi connectivity index (χ4v) is 2.50. The SMILES string of the molecule is CCn1cc(Br)cc1C(=O)NC(CN)C1CC1.Cl. The molecule has 1 aromatic rings. The highest BCUT2D eigenvalue weighted by atomic mass is 79.9. The molecule has 1 fully saturated rings. The first-order valence-electron chi connectivity index (χ1n) is 6.02. The molecule has 0 spiro atoms. The Labute approximate surface area is 122 Å². The zero-order valence-corrected chi connectivity index (χ0v) is 12.8. The minimum absolute atomic E-state index is 0. The maximum Gasteiger partial charge on any atom is 0.268 e. The molecule has 1 saturated carbocycles. The van der Waals surface area contributed by atoms with Crippen molar-refractivity contribution >= 4 is 34.2 Å². The lowest BCUT2D eigenvalue weighted by Gasteiger charge is -2.16. The number of amides is 1. The summed E-state index contributed by atoms with van der Waals surface area (Å²) in [6.07, 6.45) is 4.28. The first kappa shape index (κ1) is 15.5. The van der Waals surface area contributed by atoms with E-state index >= 15 is 0 Å². The van der Waals surface area contributed by atoms with Gasteiger partial charge in [-0.2, -0.15) is 0 Å². The molecule has 1 aliphatic carbocycles. The van der Waals surface area contributed by atoms with Crippen LogP contribution in [0.1, 0.15) is 30.3 Å². The summed E-state index contributed by atoms with van der Waals surface area (Å²) in [4.78, 5) is 12.1. The molecule has 1 amide bonds. The van der Waals surface area contributed by atoms with Crippen molar-refractivity contribution in [3.63, 3.8) is 0 Å². The highest BCUT2D eigenvalue weighted by Crippen LogP contribution is 2.32. The molecule has 0 saturated heterocycles. The average molecular weight is 337 g/mol. The summed E-state index contributed by atoms with van der Waals surface area (Å²) in [5.74, 6) is 0.553. The summed E-state index contributed by atoms with van der Waals surface area (Å²) in [6, 6.07) is 1.97. The highest BCUT2D eigenvalue weighted by molar-refractivity contribution is 9.10. The second-order valence-electron chi connectivity index (χ2n) is 4.48. The van der Waals surface area contributed by atoms with E-state index in [1.54, 1.807) is 0 Å². The maximum atomic E-state index is 12.1. The number of carbonyl (C=O) groups excluding carboxylic acids is 1. The Bertz CT molecular complexity index is 417. The van der Waals surface area contributed by atoms with E-state index in [1.165, 1.54) is 12.8 Å². The minimum atomic E-state index is -0.0279. The van der Waals surface area contributed by atoms with E-state index in [2.05, 4.69) is 21.2 Å². The first-order valence-corrected chi connectivity index (χ1v) is 6.81. The van der Waals surface area contributed by atoms with Gasteiger partial charge in [-0.15, -0.1) is 12.4 Å². The number of aromatic nitrogens is 1. The number of nitrogens with one attached hydrogen (secondary N) is 1. The van der Waals surface area contributed by atoms with Crippen LogP contribution in [0.15, 0.2) is 16.7 Å². The zero-order chi connectivity index (χ0) is 12.4. The van der Waals surface area contributed by atoms with Gasteiger partial charge in [0.05, 0.1) is 0 Å². The molecule has 1 atom stereocenters. The van der Waals surface area contributed by atoms with Crippen LogP contribution in [0.25, 0.3) is 0 Å². The van der Waals surface area contributed by atoms with Crippen LogP contribution in [0, 0.1) is 5.92 Å². The molecule has 1 heterocycles. The number of halogens is 2. The summed E-state index contributed by atoms with van der Waals surface area (Å²) in [5, 5.41) is 3.03. The quantitative estimate of drug-likeness (QED) is 0.865. The van der Waals surface area contributed by atoms with E-state index in [9.17, 15) is 4.79 Å². The van der Waals surface area contributed by atoms with E-state index in [4.69, 9.17) is 5.73 Å². The molecule has 0 aromatic carbocycles. The monoisotopic (exact) mass is 335 g/mol.